The average Bonchev–Trinajstić information content (AvgIpc) is 2.95. The molecule has 0 spiro atoms. The fraction of sp³-hybridized carbons (Fsp3) is 0.789. The third-order valence-corrected chi connectivity index (χ3v) is 4.27. The Kier molecular flexibility index (Phi) is 12.3. The molecule has 0 bridgehead atoms. The zero-order chi connectivity index (χ0) is 23.4. The first-order valence-electron chi connectivity index (χ1n) is 10.1. The van der Waals surface area contributed by atoms with Gasteiger partial charge in [-0.3, -0.25) is 14.4 Å². The minimum Gasteiger partial charge on any atom is -0.463 e. The van der Waals surface area contributed by atoms with Crippen molar-refractivity contribution in [1.82, 2.24) is 10.6 Å². The summed E-state index contributed by atoms with van der Waals surface area (Å²) in [4.78, 5) is 34.3. The number of hydrogen-bond acceptors (Lipinski definition) is 10. The number of ether oxygens (including phenoxy) is 6. The summed E-state index contributed by atoms with van der Waals surface area (Å²) >= 11 is 5.29. The van der Waals surface area contributed by atoms with Gasteiger partial charge >= 0.3 is 17.9 Å². The molecule has 0 amide bonds. The SMILES string of the molecule is CCOC(CCNC(=S)NC1OC(COC(C)=O)C(OC(C)=O)C1OC(C)=O)OCC. The van der Waals surface area contributed by atoms with E-state index in [1.165, 1.54) is 20.8 Å². The van der Waals surface area contributed by atoms with Gasteiger partial charge in [0.25, 0.3) is 0 Å². The molecule has 0 radical (unpaired) electrons. The Morgan fingerprint density at radius 3 is 2.06 bits per heavy atom. The lowest BCUT2D eigenvalue weighted by Gasteiger charge is -2.24. The summed E-state index contributed by atoms with van der Waals surface area (Å²) in [5.41, 5.74) is 0. The van der Waals surface area contributed by atoms with Gasteiger partial charge < -0.3 is 39.1 Å². The summed E-state index contributed by atoms with van der Waals surface area (Å²) in [7, 11) is 0. The van der Waals surface area contributed by atoms with Crippen molar-refractivity contribution in [3.8, 4) is 0 Å². The van der Waals surface area contributed by atoms with Gasteiger partial charge in [-0.25, -0.2) is 0 Å². The Labute approximate surface area is 187 Å². The van der Waals surface area contributed by atoms with Crippen LogP contribution < -0.4 is 10.6 Å². The highest BCUT2D eigenvalue weighted by Crippen LogP contribution is 2.26. The Morgan fingerprint density at radius 1 is 0.968 bits per heavy atom. The summed E-state index contributed by atoms with van der Waals surface area (Å²) in [5.74, 6) is -1.72. The van der Waals surface area contributed by atoms with Gasteiger partial charge in [0.2, 0.25) is 0 Å². The molecule has 11 nitrogen and oxygen atoms in total. The van der Waals surface area contributed by atoms with Crippen LogP contribution in [-0.2, 0) is 42.8 Å². The second kappa shape index (κ2) is 14.1. The standard InChI is InChI=1S/C19H32N2O9S/c1-6-25-15(26-7-2)8-9-20-19(31)21-18-17(29-13(5)24)16(28-12(4)23)14(30-18)10-27-11(3)22/h14-18H,6-10H2,1-5H3,(H2,20,21,31). The molecule has 0 saturated carbocycles. The quantitative estimate of drug-likeness (QED) is 0.179. The molecule has 0 aromatic heterocycles. The van der Waals surface area contributed by atoms with Gasteiger partial charge in [0.1, 0.15) is 12.7 Å². The maximum Gasteiger partial charge on any atom is 0.303 e. The number of esters is 3. The summed E-state index contributed by atoms with van der Waals surface area (Å²) < 4.78 is 32.3. The minimum absolute atomic E-state index is 0.187. The third kappa shape index (κ3) is 10.2. The Balaban J connectivity index is 2.76. The zero-order valence-electron chi connectivity index (χ0n) is 18.5. The van der Waals surface area contributed by atoms with Gasteiger partial charge in [0.05, 0.1) is 0 Å². The maximum atomic E-state index is 11.6. The highest BCUT2D eigenvalue weighted by Gasteiger charge is 2.50. The van der Waals surface area contributed by atoms with Gasteiger partial charge in [-0.15, -0.1) is 0 Å². The van der Waals surface area contributed by atoms with Gasteiger partial charge in [0.15, 0.2) is 29.8 Å². The van der Waals surface area contributed by atoms with E-state index in [2.05, 4.69) is 10.6 Å². The third-order valence-electron chi connectivity index (χ3n) is 4.01. The van der Waals surface area contributed by atoms with Crippen LogP contribution in [0.15, 0.2) is 0 Å². The largest absolute Gasteiger partial charge is 0.463 e. The second-order valence-corrected chi connectivity index (χ2v) is 6.98. The number of rotatable bonds is 12. The number of thiocarbonyl (C=S) groups is 1. The molecular formula is C19H32N2O9S. The van der Waals surface area contributed by atoms with E-state index in [1.807, 2.05) is 13.8 Å². The molecule has 12 heteroatoms. The van der Waals surface area contributed by atoms with Gasteiger partial charge in [-0.2, -0.15) is 0 Å². The van der Waals surface area contributed by atoms with Gasteiger partial charge in [0, 0.05) is 47.0 Å². The molecule has 4 unspecified atom stereocenters. The molecule has 2 N–H and O–H groups in total. The van der Waals surface area contributed by atoms with Crippen LogP contribution in [0.3, 0.4) is 0 Å². The van der Waals surface area contributed by atoms with Crippen LogP contribution in [-0.4, -0.2) is 80.2 Å². The molecule has 1 fully saturated rings. The molecule has 1 aliphatic rings. The number of carbonyl (C=O) groups is 3. The van der Waals surface area contributed by atoms with Crippen LogP contribution in [0.5, 0.6) is 0 Å². The van der Waals surface area contributed by atoms with Crippen LogP contribution in [0.4, 0.5) is 0 Å². The zero-order valence-corrected chi connectivity index (χ0v) is 19.3. The molecule has 31 heavy (non-hydrogen) atoms. The molecule has 178 valence electrons. The van der Waals surface area contributed by atoms with Gasteiger partial charge in [-0.05, 0) is 26.1 Å². The van der Waals surface area contributed by atoms with Crippen LogP contribution in [0, 0.1) is 0 Å². The van der Waals surface area contributed by atoms with E-state index >= 15 is 0 Å². The van der Waals surface area contributed by atoms with Crippen LogP contribution in [0.2, 0.25) is 0 Å². The van der Waals surface area contributed by atoms with Crippen molar-refractivity contribution in [3.05, 3.63) is 0 Å². The van der Waals surface area contributed by atoms with Crippen molar-refractivity contribution in [2.24, 2.45) is 0 Å². The average molecular weight is 465 g/mol. The van der Waals surface area contributed by atoms with Crippen molar-refractivity contribution < 1.29 is 42.8 Å². The predicted octanol–water partition coefficient (Wildman–Crippen LogP) is 0.391. The Bertz CT molecular complexity index is 613. The summed E-state index contributed by atoms with van der Waals surface area (Å²) in [5, 5.41) is 6.12. The van der Waals surface area contributed by atoms with E-state index in [9.17, 15) is 14.4 Å². The van der Waals surface area contributed by atoms with Crippen LogP contribution in [0.1, 0.15) is 41.0 Å². The Morgan fingerprint density at radius 2 is 1.55 bits per heavy atom. The van der Waals surface area contributed by atoms with E-state index in [0.717, 1.165) is 0 Å². The lowest BCUT2D eigenvalue weighted by molar-refractivity contribution is -0.165. The molecule has 1 heterocycles. The summed E-state index contributed by atoms with van der Waals surface area (Å²) in [6.45, 7) is 8.75. The fourth-order valence-electron chi connectivity index (χ4n) is 2.90. The van der Waals surface area contributed by atoms with Crippen molar-refractivity contribution in [1.29, 1.82) is 0 Å². The lowest BCUT2D eigenvalue weighted by atomic mass is 10.1. The van der Waals surface area contributed by atoms with Crippen LogP contribution in [0.25, 0.3) is 0 Å². The van der Waals surface area contributed by atoms with Crippen molar-refractivity contribution in [3.63, 3.8) is 0 Å². The first-order valence-corrected chi connectivity index (χ1v) is 10.5. The highest BCUT2D eigenvalue weighted by molar-refractivity contribution is 7.80. The van der Waals surface area contributed by atoms with E-state index in [0.29, 0.717) is 26.2 Å². The topological polar surface area (TPSA) is 131 Å². The van der Waals surface area contributed by atoms with E-state index < -0.39 is 42.4 Å². The normalized spacial score (nSPS) is 22.6. The number of hydrogen-bond donors (Lipinski definition) is 2. The highest BCUT2D eigenvalue weighted by atomic mass is 32.1. The number of nitrogens with one attached hydrogen (secondary N) is 2. The maximum absolute atomic E-state index is 11.6. The molecule has 4 atom stereocenters. The molecule has 1 aliphatic heterocycles. The molecule has 0 aromatic rings. The first kappa shape index (κ1) is 27.0. The fourth-order valence-corrected chi connectivity index (χ4v) is 3.12. The first-order chi connectivity index (χ1) is 14.7. The Hall–Kier alpha value is -2.02. The van der Waals surface area contributed by atoms with Crippen molar-refractivity contribution in [2.75, 3.05) is 26.4 Å². The second-order valence-electron chi connectivity index (χ2n) is 6.57. The van der Waals surface area contributed by atoms with Crippen LogP contribution >= 0.6 is 12.2 Å². The monoisotopic (exact) mass is 464 g/mol. The van der Waals surface area contributed by atoms with Gasteiger partial charge in [-0.1, -0.05) is 0 Å². The number of carbonyl (C=O) groups excluding carboxylic acids is 3. The molecular weight excluding hydrogens is 432 g/mol. The van der Waals surface area contributed by atoms with E-state index in [1.54, 1.807) is 0 Å². The molecule has 0 aliphatic carbocycles. The molecule has 1 rings (SSSR count). The van der Waals surface area contributed by atoms with Crippen molar-refractivity contribution >= 4 is 35.2 Å². The van der Waals surface area contributed by atoms with E-state index in [4.69, 9.17) is 40.6 Å². The van der Waals surface area contributed by atoms with E-state index in [-0.39, 0.29) is 18.0 Å². The van der Waals surface area contributed by atoms with Crippen molar-refractivity contribution in [2.45, 2.75) is 71.9 Å². The predicted molar refractivity (Wildman–Crippen MR) is 112 cm³/mol. The minimum atomic E-state index is -0.999. The summed E-state index contributed by atoms with van der Waals surface area (Å²) in [6.07, 6.45) is -3.57. The lowest BCUT2D eigenvalue weighted by Crippen LogP contribution is -2.50. The summed E-state index contributed by atoms with van der Waals surface area (Å²) in [6, 6.07) is 0. The smallest absolute Gasteiger partial charge is 0.303 e. The molecule has 1 saturated heterocycles. The molecule has 0 aromatic carbocycles.